The molecule has 1 N–H and O–H groups in total. The monoisotopic (exact) mass is 521 g/mol. The van der Waals surface area contributed by atoms with Crippen LogP contribution < -0.4 is 14.8 Å². The Morgan fingerprint density at radius 3 is 2.75 bits per heavy atom. The van der Waals surface area contributed by atoms with E-state index in [1.165, 1.54) is 17.4 Å². The molecule has 0 bridgehead atoms. The summed E-state index contributed by atoms with van der Waals surface area (Å²) in [6.07, 6.45) is 6.16. The first-order valence-corrected chi connectivity index (χ1v) is 12.3. The van der Waals surface area contributed by atoms with Crippen LogP contribution in [0.5, 0.6) is 11.5 Å². The maximum atomic E-state index is 12.7. The molecule has 0 radical (unpaired) electrons. The van der Waals surface area contributed by atoms with E-state index < -0.39 is 0 Å². The van der Waals surface area contributed by atoms with Crippen LogP contribution in [0.2, 0.25) is 0 Å². The Kier molecular flexibility index (Phi) is 8.37. The number of anilines is 1. The molecule has 2 aromatic rings. The number of rotatable bonds is 8. The van der Waals surface area contributed by atoms with Crippen molar-refractivity contribution in [3.63, 3.8) is 0 Å². The summed E-state index contributed by atoms with van der Waals surface area (Å²) in [5.74, 6) is 0.771. The summed E-state index contributed by atoms with van der Waals surface area (Å²) in [5.41, 5.74) is 2.31. The molecule has 1 heterocycles. The van der Waals surface area contributed by atoms with Gasteiger partial charge in [0.15, 0.2) is 11.5 Å². The molecule has 1 atom stereocenters. The fraction of sp³-hybridized carbons (Fsp3) is 0.417. The van der Waals surface area contributed by atoms with E-state index in [1.807, 2.05) is 13.0 Å². The van der Waals surface area contributed by atoms with Crippen molar-refractivity contribution in [3.8, 4) is 11.5 Å². The largest absolute Gasteiger partial charge is 0.493 e. The number of amides is 1. The standard InChI is InChI=1S/C24H28BrNO5S/c1-5-30-22-16(25)12-15(13-17(22)29-4)10-11-19(27)26-23-21(24(28)31-6-2)20-14(3)8-7-9-18(20)32-23/h10-14H,5-9H2,1-4H3,(H,26,27). The number of hydrogen-bond donors (Lipinski definition) is 1. The second kappa shape index (κ2) is 11.0. The Hall–Kier alpha value is -2.32. The van der Waals surface area contributed by atoms with Gasteiger partial charge in [0, 0.05) is 11.0 Å². The SMILES string of the molecule is CCOC(=O)c1c(NC(=O)C=Cc2cc(Br)c(OCC)c(OC)c2)sc2c1C(C)CCC2. The zero-order valence-corrected chi connectivity index (χ0v) is 21.2. The lowest BCUT2D eigenvalue weighted by Gasteiger charge is -2.19. The second-order valence-corrected chi connectivity index (χ2v) is 9.41. The van der Waals surface area contributed by atoms with Crippen LogP contribution in [0.4, 0.5) is 5.00 Å². The fourth-order valence-corrected chi connectivity index (χ4v) is 5.78. The van der Waals surface area contributed by atoms with Crippen LogP contribution in [0.3, 0.4) is 0 Å². The molecule has 1 aliphatic carbocycles. The molecule has 6 nitrogen and oxygen atoms in total. The Balaban J connectivity index is 1.84. The van der Waals surface area contributed by atoms with Crippen LogP contribution >= 0.6 is 27.3 Å². The van der Waals surface area contributed by atoms with Gasteiger partial charge in [-0.3, -0.25) is 4.79 Å². The van der Waals surface area contributed by atoms with Crippen LogP contribution in [-0.2, 0) is 16.0 Å². The van der Waals surface area contributed by atoms with E-state index in [0.717, 1.165) is 39.7 Å². The molecule has 1 unspecified atom stereocenters. The van der Waals surface area contributed by atoms with E-state index >= 15 is 0 Å². The Morgan fingerprint density at radius 1 is 1.28 bits per heavy atom. The Labute approximate surface area is 201 Å². The minimum atomic E-state index is -0.377. The molecule has 0 saturated heterocycles. The van der Waals surface area contributed by atoms with E-state index in [2.05, 4.69) is 28.2 Å². The third-order valence-corrected chi connectivity index (χ3v) is 7.01. The van der Waals surface area contributed by atoms with Crippen molar-refractivity contribution in [2.24, 2.45) is 0 Å². The number of aryl methyl sites for hydroxylation is 1. The molecule has 1 aliphatic rings. The van der Waals surface area contributed by atoms with Crippen molar-refractivity contribution < 1.29 is 23.8 Å². The summed E-state index contributed by atoms with van der Waals surface area (Å²) in [7, 11) is 1.57. The average Bonchev–Trinajstić information content (AvgIpc) is 3.13. The Morgan fingerprint density at radius 2 is 2.06 bits per heavy atom. The van der Waals surface area contributed by atoms with E-state index in [-0.39, 0.29) is 17.8 Å². The Bertz CT molecular complexity index is 1030. The van der Waals surface area contributed by atoms with Crippen LogP contribution in [0, 0.1) is 0 Å². The predicted molar refractivity (Wildman–Crippen MR) is 131 cm³/mol. The minimum absolute atomic E-state index is 0.268. The summed E-state index contributed by atoms with van der Waals surface area (Å²) < 4.78 is 17.0. The molecule has 0 spiro atoms. The van der Waals surface area contributed by atoms with E-state index in [9.17, 15) is 9.59 Å². The van der Waals surface area contributed by atoms with Crippen LogP contribution in [0.1, 0.15) is 65.9 Å². The third-order valence-electron chi connectivity index (χ3n) is 5.24. The van der Waals surface area contributed by atoms with Gasteiger partial charge in [-0.15, -0.1) is 11.3 Å². The molecule has 1 aromatic carbocycles. The predicted octanol–water partition coefficient (Wildman–Crippen LogP) is 6.19. The highest BCUT2D eigenvalue weighted by Gasteiger charge is 2.30. The average molecular weight is 522 g/mol. The highest BCUT2D eigenvalue weighted by atomic mass is 79.9. The highest BCUT2D eigenvalue weighted by molar-refractivity contribution is 9.10. The maximum absolute atomic E-state index is 12.7. The van der Waals surface area contributed by atoms with Crippen LogP contribution in [0.15, 0.2) is 22.7 Å². The van der Waals surface area contributed by atoms with E-state index in [0.29, 0.717) is 35.3 Å². The molecule has 8 heteroatoms. The molecule has 0 saturated carbocycles. The van der Waals surface area contributed by atoms with Gasteiger partial charge in [0.25, 0.3) is 0 Å². The first kappa shape index (κ1) is 24.3. The van der Waals surface area contributed by atoms with Gasteiger partial charge < -0.3 is 19.5 Å². The molecule has 0 fully saturated rings. The highest BCUT2D eigenvalue weighted by Crippen LogP contribution is 2.44. The van der Waals surface area contributed by atoms with Crippen molar-refractivity contribution in [2.45, 2.75) is 46.0 Å². The van der Waals surface area contributed by atoms with E-state index in [4.69, 9.17) is 14.2 Å². The second-order valence-electron chi connectivity index (χ2n) is 7.45. The van der Waals surface area contributed by atoms with Gasteiger partial charge in [0.2, 0.25) is 5.91 Å². The molecular weight excluding hydrogens is 494 g/mol. The van der Waals surface area contributed by atoms with Crippen LogP contribution in [-0.4, -0.2) is 32.2 Å². The van der Waals surface area contributed by atoms with Gasteiger partial charge in [-0.25, -0.2) is 4.79 Å². The van der Waals surface area contributed by atoms with Gasteiger partial charge in [-0.05, 0) is 84.3 Å². The summed E-state index contributed by atoms with van der Waals surface area (Å²) in [6, 6.07) is 3.65. The quantitative estimate of drug-likeness (QED) is 0.331. The number of methoxy groups -OCH3 is 1. The van der Waals surface area contributed by atoms with Crippen molar-refractivity contribution in [3.05, 3.63) is 44.2 Å². The maximum Gasteiger partial charge on any atom is 0.341 e. The van der Waals surface area contributed by atoms with Gasteiger partial charge in [-0.1, -0.05) is 6.92 Å². The fourth-order valence-electron chi connectivity index (χ4n) is 3.85. The van der Waals surface area contributed by atoms with Crippen molar-refractivity contribution >= 4 is 50.2 Å². The van der Waals surface area contributed by atoms with Crippen molar-refractivity contribution in [2.75, 3.05) is 25.6 Å². The summed E-state index contributed by atoms with van der Waals surface area (Å²) in [6.45, 7) is 6.61. The smallest absolute Gasteiger partial charge is 0.341 e. The number of thiophene rings is 1. The zero-order valence-electron chi connectivity index (χ0n) is 18.7. The zero-order chi connectivity index (χ0) is 23.3. The number of ether oxygens (including phenoxy) is 3. The lowest BCUT2D eigenvalue weighted by Crippen LogP contribution is -2.15. The van der Waals surface area contributed by atoms with Crippen molar-refractivity contribution in [1.29, 1.82) is 0 Å². The molecule has 0 aliphatic heterocycles. The summed E-state index contributed by atoms with van der Waals surface area (Å²) >= 11 is 4.96. The summed E-state index contributed by atoms with van der Waals surface area (Å²) in [5, 5.41) is 3.45. The number of fused-ring (bicyclic) bond motifs is 1. The first-order valence-electron chi connectivity index (χ1n) is 10.7. The number of hydrogen-bond acceptors (Lipinski definition) is 6. The molecule has 1 aromatic heterocycles. The topological polar surface area (TPSA) is 73.9 Å². The van der Waals surface area contributed by atoms with Gasteiger partial charge in [0.05, 0.1) is 30.4 Å². The molecule has 32 heavy (non-hydrogen) atoms. The normalized spacial score (nSPS) is 15.3. The minimum Gasteiger partial charge on any atom is -0.493 e. The number of carbonyl (C=O) groups is 2. The van der Waals surface area contributed by atoms with Crippen LogP contribution in [0.25, 0.3) is 6.08 Å². The number of esters is 1. The van der Waals surface area contributed by atoms with E-state index in [1.54, 1.807) is 26.2 Å². The molecule has 172 valence electrons. The molecular formula is C24H28BrNO5S. The number of halogens is 1. The number of nitrogens with one attached hydrogen (secondary N) is 1. The van der Waals surface area contributed by atoms with Gasteiger partial charge in [-0.2, -0.15) is 0 Å². The lowest BCUT2D eigenvalue weighted by molar-refractivity contribution is -0.111. The van der Waals surface area contributed by atoms with Gasteiger partial charge >= 0.3 is 5.97 Å². The number of benzene rings is 1. The summed E-state index contributed by atoms with van der Waals surface area (Å²) in [4.78, 5) is 26.6. The molecule has 3 rings (SSSR count). The first-order chi connectivity index (χ1) is 15.4. The number of carbonyl (C=O) groups excluding carboxylic acids is 2. The molecule has 1 amide bonds. The van der Waals surface area contributed by atoms with Gasteiger partial charge in [0.1, 0.15) is 5.00 Å². The third kappa shape index (κ3) is 5.35. The van der Waals surface area contributed by atoms with Crippen molar-refractivity contribution in [1.82, 2.24) is 0 Å². The lowest BCUT2D eigenvalue weighted by atomic mass is 9.86.